The van der Waals surface area contributed by atoms with Crippen LogP contribution in [-0.2, 0) is 6.18 Å². The van der Waals surface area contributed by atoms with Crippen molar-refractivity contribution in [3.63, 3.8) is 0 Å². The third-order valence-electron chi connectivity index (χ3n) is 3.69. The van der Waals surface area contributed by atoms with Crippen LogP contribution in [0.5, 0.6) is 0 Å². The second-order valence-electron chi connectivity index (χ2n) is 6.26. The molecule has 2 aromatic carbocycles. The number of thioether (sulfide) groups is 1. The number of hydrogen-bond donors (Lipinski definition) is 2. The first-order chi connectivity index (χ1) is 13.2. The maximum absolute atomic E-state index is 12.5. The number of H-pyrrole nitrogens is 1. The van der Waals surface area contributed by atoms with E-state index in [2.05, 4.69) is 34.3 Å². The number of nitrogens with zero attached hydrogens (tertiary/aromatic N) is 2. The zero-order valence-corrected chi connectivity index (χ0v) is 15.9. The monoisotopic (exact) mass is 406 g/mol. The van der Waals surface area contributed by atoms with Crippen LogP contribution in [0.1, 0.15) is 35.3 Å². The number of alkyl halides is 3. The standard InChI is InChI=1S/C19H17F3N4OS/c1-11(2)28-18-24-15-8-5-13(9-16(15)25-18)17(27)26-23-10-12-3-6-14(7-4-12)19(20,21)22/h3-11H,1-2H3,(H,24,25)(H,26,27)/b23-10-. The lowest BCUT2D eigenvalue weighted by atomic mass is 10.1. The van der Waals surface area contributed by atoms with Gasteiger partial charge in [0.05, 0.1) is 22.8 Å². The van der Waals surface area contributed by atoms with Crippen LogP contribution in [0.15, 0.2) is 52.7 Å². The van der Waals surface area contributed by atoms with Crippen LogP contribution in [0.4, 0.5) is 13.2 Å². The molecule has 0 spiro atoms. The molecular weight excluding hydrogens is 389 g/mol. The molecule has 0 aliphatic heterocycles. The third kappa shape index (κ3) is 4.92. The zero-order valence-electron chi connectivity index (χ0n) is 15.0. The Balaban J connectivity index is 1.66. The van der Waals surface area contributed by atoms with Crippen molar-refractivity contribution in [2.24, 2.45) is 5.10 Å². The number of aromatic amines is 1. The molecule has 0 aliphatic rings. The molecule has 0 atom stereocenters. The fraction of sp³-hybridized carbons (Fsp3) is 0.211. The van der Waals surface area contributed by atoms with E-state index < -0.39 is 17.6 Å². The van der Waals surface area contributed by atoms with E-state index in [1.165, 1.54) is 18.3 Å². The average Bonchev–Trinajstić information content (AvgIpc) is 3.01. The SMILES string of the molecule is CC(C)Sc1nc2ccc(C(=O)N/N=C\c3ccc(C(F)(F)F)cc3)cc2[nH]1. The van der Waals surface area contributed by atoms with Crippen LogP contribution in [-0.4, -0.2) is 27.3 Å². The molecule has 0 saturated heterocycles. The number of halogens is 3. The van der Waals surface area contributed by atoms with E-state index in [0.717, 1.165) is 28.3 Å². The lowest BCUT2D eigenvalue weighted by molar-refractivity contribution is -0.137. The zero-order chi connectivity index (χ0) is 20.3. The molecule has 5 nitrogen and oxygen atoms in total. The smallest absolute Gasteiger partial charge is 0.333 e. The molecule has 0 fully saturated rings. The summed E-state index contributed by atoms with van der Waals surface area (Å²) < 4.78 is 37.6. The number of nitrogens with one attached hydrogen (secondary N) is 2. The number of amides is 1. The van der Waals surface area contributed by atoms with Crippen molar-refractivity contribution in [2.45, 2.75) is 30.4 Å². The second-order valence-corrected chi connectivity index (χ2v) is 7.82. The van der Waals surface area contributed by atoms with E-state index in [1.54, 1.807) is 30.0 Å². The van der Waals surface area contributed by atoms with Gasteiger partial charge in [-0.25, -0.2) is 10.4 Å². The summed E-state index contributed by atoms with van der Waals surface area (Å²) in [7, 11) is 0. The summed E-state index contributed by atoms with van der Waals surface area (Å²) in [6.45, 7) is 4.12. The van der Waals surface area contributed by atoms with Crippen LogP contribution < -0.4 is 5.43 Å². The van der Waals surface area contributed by atoms with Crippen molar-refractivity contribution in [2.75, 3.05) is 0 Å². The number of imidazole rings is 1. The topological polar surface area (TPSA) is 70.1 Å². The van der Waals surface area contributed by atoms with Gasteiger partial charge >= 0.3 is 6.18 Å². The predicted molar refractivity (Wildman–Crippen MR) is 104 cm³/mol. The minimum Gasteiger partial charge on any atom is -0.333 e. The van der Waals surface area contributed by atoms with E-state index in [-0.39, 0.29) is 0 Å². The van der Waals surface area contributed by atoms with Crippen molar-refractivity contribution in [3.8, 4) is 0 Å². The van der Waals surface area contributed by atoms with Crippen molar-refractivity contribution >= 4 is 34.9 Å². The maximum Gasteiger partial charge on any atom is 0.416 e. The van der Waals surface area contributed by atoms with Gasteiger partial charge in [0.1, 0.15) is 0 Å². The molecule has 3 aromatic rings. The van der Waals surface area contributed by atoms with Crippen molar-refractivity contribution in [3.05, 3.63) is 59.2 Å². The largest absolute Gasteiger partial charge is 0.416 e. The summed E-state index contributed by atoms with van der Waals surface area (Å²) in [5.74, 6) is -0.433. The van der Waals surface area contributed by atoms with Crippen molar-refractivity contribution in [1.29, 1.82) is 0 Å². The minimum absolute atomic E-state index is 0.378. The average molecular weight is 406 g/mol. The molecule has 1 heterocycles. The van der Waals surface area contributed by atoms with E-state index >= 15 is 0 Å². The molecule has 0 aliphatic carbocycles. The van der Waals surface area contributed by atoms with Crippen LogP contribution >= 0.6 is 11.8 Å². The highest BCUT2D eigenvalue weighted by molar-refractivity contribution is 7.99. The number of aromatic nitrogens is 2. The van der Waals surface area contributed by atoms with Gasteiger partial charge in [0.25, 0.3) is 5.91 Å². The summed E-state index contributed by atoms with van der Waals surface area (Å²) in [6.07, 6.45) is -3.10. The van der Waals surface area contributed by atoms with Gasteiger partial charge in [0.2, 0.25) is 0 Å². The van der Waals surface area contributed by atoms with Gasteiger partial charge in [0, 0.05) is 10.8 Å². The Morgan fingerprint density at radius 2 is 1.93 bits per heavy atom. The van der Waals surface area contributed by atoms with Crippen molar-refractivity contribution < 1.29 is 18.0 Å². The second kappa shape index (κ2) is 8.05. The molecule has 0 bridgehead atoms. The van der Waals surface area contributed by atoms with Gasteiger partial charge in [-0.1, -0.05) is 37.7 Å². The third-order valence-corrected chi connectivity index (χ3v) is 4.58. The highest BCUT2D eigenvalue weighted by Crippen LogP contribution is 2.29. The Labute approximate surface area is 163 Å². The maximum atomic E-state index is 12.5. The number of benzene rings is 2. The summed E-state index contributed by atoms with van der Waals surface area (Å²) in [5.41, 5.74) is 3.95. The van der Waals surface area contributed by atoms with E-state index in [1.807, 2.05) is 0 Å². The Hall–Kier alpha value is -2.81. The highest BCUT2D eigenvalue weighted by Gasteiger charge is 2.29. The van der Waals surface area contributed by atoms with E-state index in [4.69, 9.17) is 0 Å². The first-order valence-corrected chi connectivity index (χ1v) is 9.27. The molecule has 1 amide bonds. The molecule has 146 valence electrons. The Kier molecular flexibility index (Phi) is 5.73. The Morgan fingerprint density at radius 3 is 2.57 bits per heavy atom. The first-order valence-electron chi connectivity index (χ1n) is 8.39. The number of carbonyl (C=O) groups is 1. The number of rotatable bonds is 5. The van der Waals surface area contributed by atoms with Gasteiger partial charge in [-0.15, -0.1) is 0 Å². The fourth-order valence-corrected chi connectivity index (χ4v) is 3.16. The van der Waals surface area contributed by atoms with Gasteiger partial charge in [0.15, 0.2) is 5.16 Å². The van der Waals surface area contributed by atoms with Gasteiger partial charge in [-0.05, 0) is 35.9 Å². The van der Waals surface area contributed by atoms with Crippen LogP contribution in [0.2, 0.25) is 0 Å². The molecule has 0 unspecified atom stereocenters. The lowest BCUT2D eigenvalue weighted by Gasteiger charge is -2.05. The molecule has 2 N–H and O–H groups in total. The van der Waals surface area contributed by atoms with Crippen LogP contribution in [0, 0.1) is 0 Å². The molecular formula is C19H17F3N4OS. The summed E-state index contributed by atoms with van der Waals surface area (Å²) in [5, 5.41) is 4.96. The quantitative estimate of drug-likeness (QED) is 0.362. The number of carbonyl (C=O) groups excluding carboxylic acids is 1. The number of fused-ring (bicyclic) bond motifs is 1. The van der Waals surface area contributed by atoms with Gasteiger partial charge in [-0.2, -0.15) is 18.3 Å². The summed E-state index contributed by atoms with van der Waals surface area (Å²) in [4.78, 5) is 19.8. The number of hydrazone groups is 1. The minimum atomic E-state index is -4.39. The fourth-order valence-electron chi connectivity index (χ4n) is 2.39. The number of hydrogen-bond acceptors (Lipinski definition) is 4. The first kappa shape index (κ1) is 19.9. The molecule has 9 heteroatoms. The molecule has 28 heavy (non-hydrogen) atoms. The summed E-state index contributed by atoms with van der Waals surface area (Å²) in [6, 6.07) is 9.53. The normalized spacial score (nSPS) is 12.2. The van der Waals surface area contributed by atoms with Crippen LogP contribution in [0.3, 0.4) is 0 Å². The molecule has 3 rings (SSSR count). The lowest BCUT2D eigenvalue weighted by Crippen LogP contribution is -2.17. The summed E-state index contributed by atoms with van der Waals surface area (Å²) >= 11 is 1.59. The molecule has 0 radical (unpaired) electrons. The predicted octanol–water partition coefficient (Wildman–Crippen LogP) is 4.85. The van der Waals surface area contributed by atoms with E-state index in [9.17, 15) is 18.0 Å². The van der Waals surface area contributed by atoms with Crippen molar-refractivity contribution in [1.82, 2.24) is 15.4 Å². The van der Waals surface area contributed by atoms with Gasteiger partial charge < -0.3 is 4.98 Å². The highest BCUT2D eigenvalue weighted by atomic mass is 32.2. The Bertz CT molecular complexity index is 1010. The molecule has 1 aromatic heterocycles. The Morgan fingerprint density at radius 1 is 1.21 bits per heavy atom. The molecule has 0 saturated carbocycles. The van der Waals surface area contributed by atoms with Gasteiger partial charge in [-0.3, -0.25) is 4.79 Å². The van der Waals surface area contributed by atoms with Crippen LogP contribution in [0.25, 0.3) is 11.0 Å². The van der Waals surface area contributed by atoms with E-state index in [0.29, 0.717) is 16.4 Å².